The minimum absolute atomic E-state index is 0.740. The molecule has 1 aliphatic rings. The molecule has 1 N–H and O–H groups in total. The smallest absolute Gasteiger partial charge is 0.228 e. The molecule has 5 heteroatoms. The van der Waals surface area contributed by atoms with Crippen molar-refractivity contribution < 1.29 is 14.0 Å². The van der Waals surface area contributed by atoms with Gasteiger partial charge in [0.2, 0.25) is 5.88 Å². The standard InChI is InChI=1S/C15H18N2O3/c1-18-11-7-5-8-12(19-2)13(11)14-10-6-3-4-9-16-15(10)20-17-14/h5,7-8,16H,3-4,6,9H2,1-2H3. The fourth-order valence-corrected chi connectivity index (χ4v) is 2.59. The summed E-state index contributed by atoms with van der Waals surface area (Å²) < 4.78 is 16.4. The van der Waals surface area contributed by atoms with Crippen LogP contribution in [0.25, 0.3) is 11.3 Å². The van der Waals surface area contributed by atoms with Gasteiger partial charge < -0.3 is 19.3 Å². The number of hydrogen-bond acceptors (Lipinski definition) is 5. The third-order valence-electron chi connectivity index (χ3n) is 3.59. The van der Waals surface area contributed by atoms with Gasteiger partial charge in [-0.3, -0.25) is 0 Å². The van der Waals surface area contributed by atoms with Crippen LogP contribution in [0.3, 0.4) is 0 Å². The summed E-state index contributed by atoms with van der Waals surface area (Å²) in [6.07, 6.45) is 3.20. The number of fused-ring (bicyclic) bond motifs is 1. The van der Waals surface area contributed by atoms with Crippen molar-refractivity contribution in [1.29, 1.82) is 0 Å². The van der Waals surface area contributed by atoms with Crippen LogP contribution in [-0.2, 0) is 6.42 Å². The molecule has 0 atom stereocenters. The van der Waals surface area contributed by atoms with Crippen molar-refractivity contribution in [3.63, 3.8) is 0 Å². The second kappa shape index (κ2) is 5.45. The first kappa shape index (κ1) is 12.8. The summed E-state index contributed by atoms with van der Waals surface area (Å²) in [7, 11) is 3.30. The van der Waals surface area contributed by atoms with Gasteiger partial charge in [0.05, 0.1) is 19.8 Å². The summed E-state index contributed by atoms with van der Waals surface area (Å²) in [5.41, 5.74) is 2.76. The van der Waals surface area contributed by atoms with Crippen molar-refractivity contribution >= 4 is 5.88 Å². The summed E-state index contributed by atoms with van der Waals surface area (Å²) in [6.45, 7) is 0.921. The number of aromatic nitrogens is 1. The maximum Gasteiger partial charge on any atom is 0.228 e. The highest BCUT2D eigenvalue weighted by Crippen LogP contribution is 2.42. The highest BCUT2D eigenvalue weighted by molar-refractivity contribution is 5.78. The molecule has 0 unspecified atom stereocenters. The Morgan fingerprint density at radius 1 is 1.15 bits per heavy atom. The van der Waals surface area contributed by atoms with Crippen LogP contribution in [-0.4, -0.2) is 25.9 Å². The Balaban J connectivity index is 2.16. The molecule has 0 bridgehead atoms. The highest BCUT2D eigenvalue weighted by atomic mass is 16.5. The van der Waals surface area contributed by atoms with E-state index in [1.54, 1.807) is 14.2 Å². The molecule has 0 saturated carbocycles. The minimum Gasteiger partial charge on any atom is -0.496 e. The van der Waals surface area contributed by atoms with Crippen molar-refractivity contribution in [2.45, 2.75) is 19.3 Å². The third kappa shape index (κ3) is 2.09. The molecule has 20 heavy (non-hydrogen) atoms. The summed E-state index contributed by atoms with van der Waals surface area (Å²) in [5.74, 6) is 2.25. The van der Waals surface area contributed by atoms with Gasteiger partial charge >= 0.3 is 0 Å². The van der Waals surface area contributed by atoms with E-state index in [2.05, 4.69) is 10.5 Å². The van der Waals surface area contributed by atoms with E-state index in [1.807, 2.05) is 18.2 Å². The molecule has 0 aliphatic carbocycles. The second-order valence-corrected chi connectivity index (χ2v) is 4.76. The molecule has 106 valence electrons. The van der Waals surface area contributed by atoms with E-state index in [0.717, 1.165) is 60.0 Å². The van der Waals surface area contributed by atoms with Gasteiger partial charge in [0.15, 0.2) is 0 Å². The number of hydrogen-bond donors (Lipinski definition) is 1. The van der Waals surface area contributed by atoms with Crippen molar-refractivity contribution in [3.05, 3.63) is 23.8 Å². The Hall–Kier alpha value is -2.17. The maximum atomic E-state index is 5.45. The molecule has 1 aromatic carbocycles. The van der Waals surface area contributed by atoms with E-state index >= 15 is 0 Å². The number of benzene rings is 1. The van der Waals surface area contributed by atoms with E-state index in [0.29, 0.717) is 0 Å². The first-order valence-corrected chi connectivity index (χ1v) is 6.79. The Morgan fingerprint density at radius 2 is 1.90 bits per heavy atom. The molecule has 5 nitrogen and oxygen atoms in total. The molecular weight excluding hydrogens is 256 g/mol. The number of anilines is 1. The van der Waals surface area contributed by atoms with Crippen molar-refractivity contribution in [3.8, 4) is 22.8 Å². The van der Waals surface area contributed by atoms with Gasteiger partial charge in [-0.15, -0.1) is 0 Å². The first-order valence-electron chi connectivity index (χ1n) is 6.79. The predicted octanol–water partition coefficient (Wildman–Crippen LogP) is 3.11. The summed E-state index contributed by atoms with van der Waals surface area (Å²) >= 11 is 0. The zero-order valence-electron chi connectivity index (χ0n) is 11.7. The Kier molecular flexibility index (Phi) is 3.50. The zero-order valence-corrected chi connectivity index (χ0v) is 11.7. The fraction of sp³-hybridized carbons (Fsp3) is 0.400. The van der Waals surface area contributed by atoms with Crippen molar-refractivity contribution in [2.24, 2.45) is 0 Å². The van der Waals surface area contributed by atoms with Gasteiger partial charge in [0.25, 0.3) is 0 Å². The molecule has 0 saturated heterocycles. The van der Waals surface area contributed by atoms with E-state index < -0.39 is 0 Å². The normalized spacial score (nSPS) is 14.1. The molecule has 0 amide bonds. The molecule has 1 aromatic heterocycles. The average molecular weight is 274 g/mol. The highest BCUT2D eigenvalue weighted by Gasteiger charge is 2.24. The average Bonchev–Trinajstić information content (AvgIpc) is 2.74. The molecule has 1 aliphatic heterocycles. The summed E-state index contributed by atoms with van der Waals surface area (Å²) in [5, 5.41) is 7.51. The SMILES string of the molecule is COc1cccc(OC)c1-c1noc2c1CCCCN2. The lowest BCUT2D eigenvalue weighted by Crippen LogP contribution is -1.97. The van der Waals surface area contributed by atoms with Gasteiger partial charge in [0.1, 0.15) is 17.2 Å². The van der Waals surface area contributed by atoms with Gasteiger partial charge in [-0.25, -0.2) is 0 Å². The summed E-state index contributed by atoms with van der Waals surface area (Å²) in [6, 6.07) is 5.71. The largest absolute Gasteiger partial charge is 0.496 e. The van der Waals surface area contributed by atoms with Gasteiger partial charge in [-0.05, 0) is 31.4 Å². The quantitative estimate of drug-likeness (QED) is 0.932. The van der Waals surface area contributed by atoms with Crippen LogP contribution < -0.4 is 14.8 Å². The Bertz CT molecular complexity index is 585. The number of methoxy groups -OCH3 is 2. The van der Waals surface area contributed by atoms with Crippen molar-refractivity contribution in [2.75, 3.05) is 26.1 Å². The maximum absolute atomic E-state index is 5.45. The van der Waals surface area contributed by atoms with Crippen molar-refractivity contribution in [1.82, 2.24) is 5.16 Å². The second-order valence-electron chi connectivity index (χ2n) is 4.76. The fourth-order valence-electron chi connectivity index (χ4n) is 2.59. The lowest BCUT2D eigenvalue weighted by molar-refractivity contribution is 0.394. The zero-order chi connectivity index (χ0) is 13.9. The minimum atomic E-state index is 0.740. The number of nitrogens with zero attached hydrogens (tertiary/aromatic N) is 1. The topological polar surface area (TPSA) is 56.5 Å². The van der Waals surface area contributed by atoms with E-state index in [-0.39, 0.29) is 0 Å². The Labute approximate surface area is 117 Å². The van der Waals surface area contributed by atoms with Crippen LogP contribution in [0.4, 0.5) is 5.88 Å². The lowest BCUT2D eigenvalue weighted by atomic mass is 10.0. The third-order valence-corrected chi connectivity index (χ3v) is 3.59. The van der Waals surface area contributed by atoms with Crippen LogP contribution >= 0.6 is 0 Å². The monoisotopic (exact) mass is 274 g/mol. The molecular formula is C15H18N2O3. The number of ether oxygens (including phenoxy) is 2. The van der Waals surface area contributed by atoms with E-state index in [9.17, 15) is 0 Å². The molecule has 0 fully saturated rings. The van der Waals surface area contributed by atoms with Gasteiger partial charge in [0, 0.05) is 12.1 Å². The van der Waals surface area contributed by atoms with E-state index in [1.165, 1.54) is 0 Å². The predicted molar refractivity (Wildman–Crippen MR) is 76.5 cm³/mol. The van der Waals surface area contributed by atoms with Crippen LogP contribution in [0.15, 0.2) is 22.7 Å². The number of rotatable bonds is 3. The van der Waals surface area contributed by atoms with Crippen LogP contribution in [0.2, 0.25) is 0 Å². The molecule has 2 heterocycles. The molecule has 0 spiro atoms. The lowest BCUT2D eigenvalue weighted by Gasteiger charge is -2.11. The first-order chi connectivity index (χ1) is 9.85. The van der Waals surface area contributed by atoms with E-state index in [4.69, 9.17) is 14.0 Å². The van der Waals surface area contributed by atoms with Crippen LogP contribution in [0, 0.1) is 0 Å². The van der Waals surface area contributed by atoms with Gasteiger partial charge in [-0.2, -0.15) is 0 Å². The molecule has 0 radical (unpaired) electrons. The summed E-state index contributed by atoms with van der Waals surface area (Å²) in [4.78, 5) is 0. The molecule has 3 rings (SSSR count). The number of nitrogens with one attached hydrogen (secondary N) is 1. The van der Waals surface area contributed by atoms with Crippen LogP contribution in [0.1, 0.15) is 18.4 Å². The van der Waals surface area contributed by atoms with Gasteiger partial charge in [-0.1, -0.05) is 11.2 Å². The molecule has 2 aromatic rings. The van der Waals surface area contributed by atoms with Crippen LogP contribution in [0.5, 0.6) is 11.5 Å². The Morgan fingerprint density at radius 3 is 2.60 bits per heavy atom.